The number of imide groups is 1. The molecule has 3 heterocycles. The molecule has 2 aromatic heterocycles. The molecule has 1 aliphatic rings. The van der Waals surface area contributed by atoms with Crippen LogP contribution in [-0.2, 0) is 14.4 Å². The van der Waals surface area contributed by atoms with E-state index < -0.39 is 29.5 Å². The molecule has 29 heavy (non-hydrogen) atoms. The first-order valence-corrected chi connectivity index (χ1v) is 9.72. The lowest BCUT2D eigenvalue weighted by atomic mass is 9.92. The highest BCUT2D eigenvalue weighted by Gasteiger charge is 2.49. The van der Waals surface area contributed by atoms with Crippen molar-refractivity contribution in [2.75, 3.05) is 4.90 Å². The molecule has 0 aliphatic carbocycles. The van der Waals surface area contributed by atoms with Crippen molar-refractivity contribution in [3.05, 3.63) is 40.8 Å². The first-order chi connectivity index (χ1) is 14.0. The Bertz CT molecular complexity index is 1140. The highest BCUT2D eigenvalue weighted by molar-refractivity contribution is 7.19. The number of benzene rings is 1. The zero-order chi connectivity index (χ0) is 20.5. The number of ketones is 1. The van der Waals surface area contributed by atoms with Crippen molar-refractivity contribution in [2.45, 2.75) is 5.92 Å². The number of anilines is 1. The lowest BCUT2D eigenvalue weighted by Crippen LogP contribution is -2.55. The number of piperidine rings is 1. The number of amides is 4. The summed E-state index contributed by atoms with van der Waals surface area (Å²) in [5.41, 5.74) is 4.06. The van der Waals surface area contributed by atoms with Crippen molar-refractivity contribution < 1.29 is 19.2 Å². The maximum Gasteiger partial charge on any atom is 0.349 e. The second-order valence-electron chi connectivity index (χ2n) is 5.66. The van der Waals surface area contributed by atoms with Crippen LogP contribution in [0.1, 0.15) is 10.9 Å². The number of thiazole rings is 2. The van der Waals surface area contributed by atoms with Gasteiger partial charge in [-0.05, 0) is 12.1 Å². The molecule has 0 radical (unpaired) electrons. The number of nitrogens with one attached hydrogen (secondary N) is 2. The Hall–Kier alpha value is -3.55. The van der Waals surface area contributed by atoms with Crippen LogP contribution in [0.15, 0.2) is 40.9 Å². The van der Waals surface area contributed by atoms with Crippen LogP contribution in [0.5, 0.6) is 0 Å². The summed E-state index contributed by atoms with van der Waals surface area (Å²) in [4.78, 5) is 59.1. The van der Waals surface area contributed by atoms with Crippen molar-refractivity contribution in [2.24, 2.45) is 10.9 Å². The second-order valence-corrected chi connectivity index (χ2v) is 7.60. The standard InChI is InChI=1S/C16H11N7O4S2/c17-20-15(27)22-21-10-9(12-19-7-3-1-2-4-8(7)29-12)11(24)14(26)23(13(10)25)16-18-5-6-28-16/h1-6,9H,17H2,(H2,20,22,27)/b21-10-. The van der Waals surface area contributed by atoms with Crippen LogP contribution in [0.3, 0.4) is 0 Å². The van der Waals surface area contributed by atoms with Crippen LogP contribution in [-0.4, -0.2) is 39.3 Å². The predicted molar refractivity (Wildman–Crippen MR) is 105 cm³/mol. The fourth-order valence-electron chi connectivity index (χ4n) is 2.69. The Morgan fingerprint density at radius 1 is 1.21 bits per heavy atom. The number of Topliss-reactive ketones (excluding diaryl/α,β-unsaturated/α-hetero) is 1. The van der Waals surface area contributed by atoms with E-state index in [4.69, 9.17) is 5.84 Å². The summed E-state index contributed by atoms with van der Waals surface area (Å²) in [6.45, 7) is 0. The van der Waals surface area contributed by atoms with Gasteiger partial charge in [0.15, 0.2) is 5.13 Å². The monoisotopic (exact) mass is 429 g/mol. The van der Waals surface area contributed by atoms with E-state index in [-0.39, 0.29) is 15.9 Å². The van der Waals surface area contributed by atoms with Gasteiger partial charge in [0, 0.05) is 11.6 Å². The smallest absolute Gasteiger partial charge is 0.287 e. The predicted octanol–water partition coefficient (Wildman–Crippen LogP) is 0.508. The number of rotatable bonds is 3. The molecule has 0 spiro atoms. The second kappa shape index (κ2) is 7.46. The van der Waals surface area contributed by atoms with Gasteiger partial charge >= 0.3 is 11.9 Å². The summed E-state index contributed by atoms with van der Waals surface area (Å²) >= 11 is 2.16. The van der Waals surface area contributed by atoms with Crippen LogP contribution in [0.2, 0.25) is 0 Å². The van der Waals surface area contributed by atoms with Gasteiger partial charge in [0.05, 0.1) is 10.2 Å². The van der Waals surface area contributed by atoms with E-state index in [9.17, 15) is 19.2 Å². The van der Waals surface area contributed by atoms with Crippen LogP contribution in [0.4, 0.5) is 9.93 Å². The summed E-state index contributed by atoms with van der Waals surface area (Å²) in [5, 5.41) is 5.55. The fraction of sp³-hybridized carbons (Fsp3) is 0.0625. The van der Waals surface area contributed by atoms with Gasteiger partial charge < -0.3 is 0 Å². The van der Waals surface area contributed by atoms with E-state index in [1.807, 2.05) is 5.43 Å². The molecule has 3 aromatic rings. The van der Waals surface area contributed by atoms with E-state index >= 15 is 0 Å². The van der Waals surface area contributed by atoms with Crippen LogP contribution in [0, 0.1) is 0 Å². The van der Waals surface area contributed by atoms with Gasteiger partial charge in [-0.1, -0.05) is 12.1 Å². The Morgan fingerprint density at radius 2 is 2.00 bits per heavy atom. The Morgan fingerprint density at radius 3 is 2.69 bits per heavy atom. The number of carbonyl (C=O) groups excluding carboxylic acids is 4. The number of nitrogens with two attached hydrogens (primary N) is 1. The van der Waals surface area contributed by atoms with Crippen molar-refractivity contribution in [1.29, 1.82) is 0 Å². The molecule has 1 atom stereocenters. The minimum absolute atomic E-state index is 0.0204. The average molecular weight is 429 g/mol. The first kappa shape index (κ1) is 18.8. The third kappa shape index (κ3) is 3.26. The van der Waals surface area contributed by atoms with E-state index in [0.717, 1.165) is 27.4 Å². The molecule has 1 aromatic carbocycles. The highest BCUT2D eigenvalue weighted by Crippen LogP contribution is 2.33. The van der Waals surface area contributed by atoms with Crippen molar-refractivity contribution in [1.82, 2.24) is 20.8 Å². The maximum atomic E-state index is 13.0. The average Bonchev–Trinajstić information content (AvgIpc) is 3.39. The Balaban J connectivity index is 1.83. The molecule has 1 aliphatic heterocycles. The number of nitrogens with zero attached hydrogens (tertiary/aromatic N) is 4. The van der Waals surface area contributed by atoms with Crippen LogP contribution < -0.4 is 21.6 Å². The Kier molecular flexibility index (Phi) is 4.84. The molecule has 0 bridgehead atoms. The highest BCUT2D eigenvalue weighted by atomic mass is 32.1. The fourth-order valence-corrected chi connectivity index (χ4v) is 4.39. The number of hydrazine groups is 1. The van der Waals surface area contributed by atoms with Gasteiger partial charge in [-0.15, -0.1) is 22.7 Å². The van der Waals surface area contributed by atoms with Crippen LogP contribution in [0.25, 0.3) is 10.2 Å². The normalized spacial score (nSPS) is 18.5. The minimum atomic E-state index is -1.36. The maximum absolute atomic E-state index is 13.0. The number of aromatic nitrogens is 2. The van der Waals surface area contributed by atoms with Crippen molar-refractivity contribution >= 4 is 67.4 Å². The van der Waals surface area contributed by atoms with Crippen molar-refractivity contribution in [3.8, 4) is 0 Å². The van der Waals surface area contributed by atoms with Gasteiger partial charge in [-0.25, -0.2) is 30.9 Å². The zero-order valence-electron chi connectivity index (χ0n) is 14.4. The quantitative estimate of drug-likeness (QED) is 0.180. The van der Waals surface area contributed by atoms with Gasteiger partial charge in [0.1, 0.15) is 16.6 Å². The molecular formula is C16H11N7O4S2. The molecular weight excluding hydrogens is 418 g/mol. The summed E-state index contributed by atoms with van der Waals surface area (Å²) in [7, 11) is 0. The Labute approximate surface area is 170 Å². The lowest BCUT2D eigenvalue weighted by Gasteiger charge is -2.27. The van der Waals surface area contributed by atoms with Gasteiger partial charge in [-0.3, -0.25) is 19.8 Å². The number of urea groups is 1. The zero-order valence-corrected chi connectivity index (χ0v) is 16.0. The summed E-state index contributed by atoms with van der Waals surface area (Å²) in [6, 6.07) is 6.21. The van der Waals surface area contributed by atoms with E-state index in [0.29, 0.717) is 10.4 Å². The van der Waals surface area contributed by atoms with Gasteiger partial charge in [0.2, 0.25) is 5.78 Å². The summed E-state index contributed by atoms with van der Waals surface area (Å²) < 4.78 is 0.768. The first-order valence-electron chi connectivity index (χ1n) is 8.03. The molecule has 4 N–H and O–H groups in total. The number of fused-ring (bicyclic) bond motifs is 1. The third-order valence-electron chi connectivity index (χ3n) is 3.95. The van der Waals surface area contributed by atoms with E-state index in [1.165, 1.54) is 6.20 Å². The van der Waals surface area contributed by atoms with E-state index in [1.54, 1.807) is 35.1 Å². The number of carbonyl (C=O) groups is 4. The van der Waals surface area contributed by atoms with Gasteiger partial charge in [-0.2, -0.15) is 5.10 Å². The molecule has 11 nitrogen and oxygen atoms in total. The molecule has 0 saturated carbocycles. The number of para-hydroxylation sites is 1. The largest absolute Gasteiger partial charge is 0.349 e. The number of hydrazone groups is 1. The van der Waals surface area contributed by atoms with Gasteiger partial charge in [0.25, 0.3) is 5.91 Å². The summed E-state index contributed by atoms with van der Waals surface area (Å²) in [5.74, 6) is 0.809. The molecule has 4 amide bonds. The molecule has 1 unspecified atom stereocenters. The summed E-state index contributed by atoms with van der Waals surface area (Å²) in [6.07, 6.45) is 1.39. The molecule has 1 fully saturated rings. The van der Waals surface area contributed by atoms with Crippen molar-refractivity contribution in [3.63, 3.8) is 0 Å². The molecule has 1 saturated heterocycles. The lowest BCUT2D eigenvalue weighted by molar-refractivity contribution is -0.139. The number of hydrogen-bond donors (Lipinski definition) is 3. The third-order valence-corrected chi connectivity index (χ3v) is 5.81. The molecule has 4 rings (SSSR count). The van der Waals surface area contributed by atoms with Crippen LogP contribution >= 0.6 is 22.7 Å². The SMILES string of the molecule is NNC(=O)N/N=C1\C(=O)N(c2nccs2)C(=O)C(=O)C1c1nc2ccccc2s1. The molecule has 146 valence electrons. The minimum Gasteiger partial charge on any atom is -0.287 e. The van der Waals surface area contributed by atoms with E-state index in [2.05, 4.69) is 15.1 Å². The topological polar surface area (TPSA) is 160 Å². The molecule has 13 heteroatoms. The number of hydrogen-bond acceptors (Lipinski definition) is 10.